The fourth-order valence-corrected chi connectivity index (χ4v) is 4.51. The number of aromatic nitrogens is 4. The number of anilines is 4. The van der Waals surface area contributed by atoms with Gasteiger partial charge in [0.15, 0.2) is 0 Å². The number of benzene rings is 2. The first-order chi connectivity index (χ1) is 19.8. The number of nitrogens with one attached hydrogen (secondary N) is 3. The molecule has 9 nitrogen and oxygen atoms in total. The third-order valence-electron chi connectivity index (χ3n) is 5.93. The number of carbonyl (C=O) groups excluding carboxylic acids is 1. The Morgan fingerprint density at radius 3 is 1.78 bits per heavy atom. The highest BCUT2D eigenvalue weighted by atomic mass is 35.5. The third-order valence-corrected chi connectivity index (χ3v) is 6.30. The van der Waals surface area contributed by atoms with E-state index in [9.17, 15) is 4.79 Å². The molecule has 4 rings (SSSR count). The van der Waals surface area contributed by atoms with Gasteiger partial charge < -0.3 is 21.7 Å². The summed E-state index contributed by atoms with van der Waals surface area (Å²) in [6.45, 7) is 5.76. The van der Waals surface area contributed by atoms with E-state index in [1.165, 1.54) is 19.3 Å². The van der Waals surface area contributed by atoms with Gasteiger partial charge in [-0.05, 0) is 48.2 Å². The molecule has 2 unspecified atom stereocenters. The normalized spacial score (nSPS) is 11.9. The lowest BCUT2D eigenvalue weighted by molar-refractivity contribution is -0.114. The largest absolute Gasteiger partial charge is 0.399 e. The lowest BCUT2D eigenvalue weighted by Crippen LogP contribution is -2.13. The lowest BCUT2D eigenvalue weighted by atomic mass is 10.0. The van der Waals surface area contributed by atoms with Crippen molar-refractivity contribution < 1.29 is 4.79 Å². The number of amides is 1. The Bertz CT molecular complexity index is 1400. The van der Waals surface area contributed by atoms with E-state index in [2.05, 4.69) is 55.8 Å². The van der Waals surface area contributed by atoms with Crippen LogP contribution in [0, 0.1) is 0 Å². The van der Waals surface area contributed by atoms with Crippen LogP contribution in [-0.4, -0.2) is 25.8 Å². The Kier molecular flexibility index (Phi) is 12.6. The average molecular weight is 596 g/mol. The molecule has 2 heterocycles. The first-order valence-corrected chi connectivity index (χ1v) is 14.2. The Morgan fingerprint density at radius 2 is 1.32 bits per heavy atom. The van der Waals surface area contributed by atoms with Gasteiger partial charge in [-0.2, -0.15) is 0 Å². The molecular weight excluding hydrogens is 559 g/mol. The van der Waals surface area contributed by atoms with Crippen molar-refractivity contribution >= 4 is 52.1 Å². The summed E-state index contributed by atoms with van der Waals surface area (Å²) in [5.74, 6) is 1.22. The minimum Gasteiger partial charge on any atom is -0.399 e. The van der Waals surface area contributed by atoms with Crippen molar-refractivity contribution in [3.05, 3.63) is 94.8 Å². The van der Waals surface area contributed by atoms with Gasteiger partial charge in [0.2, 0.25) is 5.91 Å². The van der Waals surface area contributed by atoms with Crippen LogP contribution < -0.4 is 21.7 Å². The van der Waals surface area contributed by atoms with E-state index in [0.29, 0.717) is 21.9 Å². The molecule has 1 amide bonds. The molecule has 2 atom stereocenters. The number of carbonyl (C=O) groups is 1. The van der Waals surface area contributed by atoms with Gasteiger partial charge in [-0.25, -0.2) is 9.97 Å². The number of hydrogen-bond acceptors (Lipinski definition) is 8. The minimum absolute atomic E-state index is 0.0754. The van der Waals surface area contributed by atoms with Crippen LogP contribution in [0.1, 0.15) is 69.7 Å². The molecule has 0 aliphatic heterocycles. The molecule has 0 aliphatic rings. The molecule has 0 aliphatic carbocycles. The van der Waals surface area contributed by atoms with Crippen LogP contribution in [0.5, 0.6) is 0 Å². The predicted octanol–water partition coefficient (Wildman–Crippen LogP) is 7.71. The molecule has 4 aromatic rings. The van der Waals surface area contributed by atoms with E-state index in [4.69, 9.17) is 28.9 Å². The highest BCUT2D eigenvalue weighted by molar-refractivity contribution is 6.29. The van der Waals surface area contributed by atoms with Crippen LogP contribution in [0.25, 0.3) is 0 Å². The van der Waals surface area contributed by atoms with Crippen LogP contribution >= 0.6 is 23.2 Å². The Balaban J connectivity index is 0.000000228. The van der Waals surface area contributed by atoms with Gasteiger partial charge in [0.25, 0.3) is 0 Å². The molecule has 0 spiro atoms. The molecular formula is C30H36Cl2N8O. The highest BCUT2D eigenvalue weighted by Gasteiger charge is 2.13. The van der Waals surface area contributed by atoms with Crippen LogP contribution in [0.15, 0.2) is 73.3 Å². The van der Waals surface area contributed by atoms with Gasteiger partial charge in [-0.3, -0.25) is 14.8 Å². The van der Waals surface area contributed by atoms with Gasteiger partial charge in [0, 0.05) is 18.3 Å². The number of nitrogens with zero attached hydrogens (tertiary/aromatic N) is 4. The van der Waals surface area contributed by atoms with Crippen molar-refractivity contribution in [1.29, 1.82) is 0 Å². The summed E-state index contributed by atoms with van der Waals surface area (Å²) < 4.78 is 0. The maximum Gasteiger partial charge on any atom is 0.221 e. The maximum absolute atomic E-state index is 11.2. The zero-order valence-corrected chi connectivity index (χ0v) is 25.0. The van der Waals surface area contributed by atoms with E-state index in [-0.39, 0.29) is 18.0 Å². The molecule has 0 radical (unpaired) electrons. The van der Waals surface area contributed by atoms with E-state index in [0.717, 1.165) is 48.2 Å². The van der Waals surface area contributed by atoms with Gasteiger partial charge in [0.1, 0.15) is 21.9 Å². The number of nitrogens with two attached hydrogens (primary N) is 1. The summed E-state index contributed by atoms with van der Waals surface area (Å²) in [7, 11) is 0. The third kappa shape index (κ3) is 10.9. The molecule has 0 fully saturated rings. The molecule has 216 valence electrons. The zero-order valence-electron chi connectivity index (χ0n) is 23.4. The van der Waals surface area contributed by atoms with E-state index < -0.39 is 0 Å². The molecule has 0 saturated heterocycles. The van der Waals surface area contributed by atoms with Crippen molar-refractivity contribution in [1.82, 2.24) is 19.9 Å². The van der Waals surface area contributed by atoms with E-state index in [1.807, 2.05) is 42.5 Å². The monoisotopic (exact) mass is 594 g/mol. The fraction of sp³-hybridized carbons (Fsp3) is 0.300. The van der Waals surface area contributed by atoms with Crippen LogP contribution in [-0.2, 0) is 4.79 Å². The Hall–Kier alpha value is -3.95. The van der Waals surface area contributed by atoms with Crippen LogP contribution in [0.4, 0.5) is 23.0 Å². The summed E-state index contributed by atoms with van der Waals surface area (Å²) in [5.41, 5.74) is 9.60. The van der Waals surface area contributed by atoms with Crippen molar-refractivity contribution in [2.45, 2.75) is 58.5 Å². The maximum atomic E-state index is 11.2. The second-order valence-electron chi connectivity index (χ2n) is 9.40. The number of hydrogen-bond donors (Lipinski definition) is 4. The van der Waals surface area contributed by atoms with Crippen molar-refractivity contribution in [2.75, 3.05) is 21.7 Å². The Labute approximate surface area is 251 Å². The second kappa shape index (κ2) is 16.3. The molecule has 41 heavy (non-hydrogen) atoms. The average Bonchev–Trinajstić information content (AvgIpc) is 2.93. The number of halogens is 2. The highest BCUT2D eigenvalue weighted by Crippen LogP contribution is 2.26. The summed E-state index contributed by atoms with van der Waals surface area (Å²) in [6, 6.07) is 15.9. The van der Waals surface area contributed by atoms with Gasteiger partial charge >= 0.3 is 0 Å². The first-order valence-electron chi connectivity index (χ1n) is 13.5. The first kappa shape index (κ1) is 31.6. The molecule has 11 heteroatoms. The second-order valence-corrected chi connectivity index (χ2v) is 10.2. The minimum atomic E-state index is -0.0853. The smallest absolute Gasteiger partial charge is 0.221 e. The van der Waals surface area contributed by atoms with Gasteiger partial charge in [-0.1, -0.05) is 74.2 Å². The van der Waals surface area contributed by atoms with Crippen molar-refractivity contribution in [3.8, 4) is 0 Å². The lowest BCUT2D eigenvalue weighted by Gasteiger charge is -2.20. The molecule has 5 N–H and O–H groups in total. The number of rotatable bonds is 11. The molecule has 2 aromatic heterocycles. The van der Waals surface area contributed by atoms with Gasteiger partial charge in [-0.15, -0.1) is 0 Å². The fourth-order valence-electron chi connectivity index (χ4n) is 4.21. The topological polar surface area (TPSA) is 131 Å². The summed E-state index contributed by atoms with van der Waals surface area (Å²) in [5, 5.41) is 10.2. The van der Waals surface area contributed by atoms with Gasteiger partial charge in [0.05, 0.1) is 36.9 Å². The van der Waals surface area contributed by atoms with Crippen molar-refractivity contribution in [2.24, 2.45) is 0 Å². The Morgan fingerprint density at radius 1 is 0.805 bits per heavy atom. The SMILES string of the molecule is CCCC(Nc1cncc(Cl)n1)c1cccc(N)c1.CCCC(Nc1cncc(Cl)n1)c1cccc(NC(C)=O)c1. The van der Waals surface area contributed by atoms with Crippen LogP contribution in [0.3, 0.4) is 0 Å². The molecule has 2 aromatic carbocycles. The van der Waals surface area contributed by atoms with Crippen molar-refractivity contribution in [3.63, 3.8) is 0 Å². The molecule has 0 bridgehead atoms. The summed E-state index contributed by atoms with van der Waals surface area (Å²) in [4.78, 5) is 27.7. The predicted molar refractivity (Wildman–Crippen MR) is 168 cm³/mol. The zero-order chi connectivity index (χ0) is 29.6. The molecule has 0 saturated carbocycles. The van der Waals surface area contributed by atoms with Crippen LogP contribution in [0.2, 0.25) is 10.3 Å². The quantitative estimate of drug-likeness (QED) is 0.130. The summed E-state index contributed by atoms with van der Waals surface area (Å²) in [6.07, 6.45) is 10.3. The standard InChI is InChI=1S/C16H19ClN4O.C14H17ClN4/c1-3-5-14(20-16-10-18-9-15(17)21-16)12-6-4-7-13(8-12)19-11(2)22;1-2-4-12(10-5-3-6-11(16)7-10)18-14-9-17-8-13(15)19-14/h4,6-10,14H,3,5H2,1-2H3,(H,19,22)(H,20,21);3,5-9,12H,2,4,16H2,1H3,(H,18,19). The number of nitrogen functional groups attached to an aromatic ring is 1. The summed E-state index contributed by atoms with van der Waals surface area (Å²) >= 11 is 11.7. The van der Waals surface area contributed by atoms with E-state index in [1.54, 1.807) is 12.4 Å². The van der Waals surface area contributed by atoms with E-state index >= 15 is 0 Å².